The number of rotatable bonds is 10. The zero-order valence-electron chi connectivity index (χ0n) is 24.8. The molecule has 1 aliphatic carbocycles. The summed E-state index contributed by atoms with van der Waals surface area (Å²) in [6, 6.07) is 3.60. The summed E-state index contributed by atoms with van der Waals surface area (Å²) in [5.74, 6) is 1.85. The number of primary amides is 1. The first-order valence-electron chi connectivity index (χ1n) is 16.5. The first-order valence-corrected chi connectivity index (χ1v) is 16.5. The summed E-state index contributed by atoms with van der Waals surface area (Å²) in [5, 5.41) is 0. The van der Waals surface area contributed by atoms with Crippen LogP contribution in [0.2, 0.25) is 0 Å². The fraction of sp³-hybridized carbons (Fsp3) is 0.839. The molecule has 224 valence electrons. The molecule has 2 atom stereocenters. The van der Waals surface area contributed by atoms with E-state index in [-0.39, 0.29) is 11.8 Å². The Morgan fingerprint density at radius 2 is 1.62 bits per heavy atom. The number of likely N-dealkylation sites (tertiary alicyclic amines) is 2. The fourth-order valence-corrected chi connectivity index (χ4v) is 7.91. The number of piperidine rings is 2. The Kier molecular flexibility index (Phi) is 10.9. The molecule has 4 heterocycles. The Balaban J connectivity index is 1.36. The van der Waals surface area contributed by atoms with Crippen LogP contribution in [0.15, 0.2) is 12.3 Å². The van der Waals surface area contributed by atoms with Gasteiger partial charge in [0.05, 0.1) is 0 Å². The summed E-state index contributed by atoms with van der Waals surface area (Å²) in [5.41, 5.74) is 11.9. The first-order chi connectivity index (χ1) is 19.6. The van der Waals surface area contributed by atoms with Gasteiger partial charge < -0.3 is 26.2 Å². The molecular formula is C31H54N8O. The topological polar surface area (TPSA) is 108 Å². The van der Waals surface area contributed by atoms with Crippen molar-refractivity contribution < 1.29 is 4.79 Å². The van der Waals surface area contributed by atoms with Crippen molar-refractivity contribution in [3.8, 4) is 0 Å². The second-order valence-corrected chi connectivity index (χ2v) is 12.7. The zero-order chi connectivity index (χ0) is 27.7. The van der Waals surface area contributed by atoms with Crippen molar-refractivity contribution in [3.63, 3.8) is 0 Å². The van der Waals surface area contributed by atoms with E-state index in [9.17, 15) is 4.79 Å². The van der Waals surface area contributed by atoms with Gasteiger partial charge in [0.25, 0.3) is 0 Å². The van der Waals surface area contributed by atoms with Gasteiger partial charge in [-0.3, -0.25) is 9.69 Å². The summed E-state index contributed by atoms with van der Waals surface area (Å²) in [4.78, 5) is 32.1. The standard InChI is InChI=1S/C31H54N8O/c32-16-24-39(31-34-17-12-29(35-31)37-18-6-1-2-7-19-37)27-11-8-20-38(26-9-4-3-5-10-26)28(27)15-23-36-21-13-25(14-22-36)30(33)40/h12,17,25-28H,1-11,13-16,18-24,32H2,(H2,33,40)/t27-,28-/m1/s1. The summed E-state index contributed by atoms with van der Waals surface area (Å²) in [6.45, 7) is 7.77. The Morgan fingerprint density at radius 1 is 0.900 bits per heavy atom. The molecule has 4 N–H and O–H groups in total. The lowest BCUT2D eigenvalue weighted by Gasteiger charge is -2.50. The molecule has 0 radical (unpaired) electrons. The SMILES string of the molecule is NCCN(c1nccc(N2CCCCCC2)n1)[C@@H]1CCCN(C2CCCCC2)[C@@H]1CCN1CCC(C(N)=O)CC1. The molecule has 4 fully saturated rings. The predicted octanol–water partition coefficient (Wildman–Crippen LogP) is 3.38. The number of anilines is 2. The normalized spacial score (nSPS) is 26.5. The lowest BCUT2D eigenvalue weighted by molar-refractivity contribution is -0.123. The van der Waals surface area contributed by atoms with Gasteiger partial charge in [0, 0.05) is 56.4 Å². The van der Waals surface area contributed by atoms with Gasteiger partial charge in [-0.05, 0) is 90.0 Å². The van der Waals surface area contributed by atoms with E-state index >= 15 is 0 Å². The quantitative estimate of drug-likeness (QED) is 0.453. The molecule has 5 rings (SSSR count). The fourth-order valence-electron chi connectivity index (χ4n) is 7.91. The molecule has 40 heavy (non-hydrogen) atoms. The Bertz CT molecular complexity index is 908. The number of carbonyl (C=O) groups is 1. The molecule has 3 aliphatic heterocycles. The van der Waals surface area contributed by atoms with Crippen LogP contribution in [0, 0.1) is 5.92 Å². The van der Waals surface area contributed by atoms with Gasteiger partial charge in [0.1, 0.15) is 5.82 Å². The molecule has 0 aromatic carbocycles. The predicted molar refractivity (Wildman–Crippen MR) is 162 cm³/mol. The lowest BCUT2D eigenvalue weighted by Crippen LogP contribution is -2.60. The summed E-state index contributed by atoms with van der Waals surface area (Å²) >= 11 is 0. The van der Waals surface area contributed by atoms with Crippen LogP contribution in [0.1, 0.15) is 89.9 Å². The van der Waals surface area contributed by atoms with E-state index < -0.39 is 0 Å². The van der Waals surface area contributed by atoms with Gasteiger partial charge in [-0.15, -0.1) is 0 Å². The number of aromatic nitrogens is 2. The summed E-state index contributed by atoms with van der Waals surface area (Å²) < 4.78 is 0. The molecule has 9 heteroatoms. The number of hydrogen-bond donors (Lipinski definition) is 2. The van der Waals surface area contributed by atoms with Crippen LogP contribution in [0.25, 0.3) is 0 Å². The van der Waals surface area contributed by atoms with Crippen LogP contribution in [0.3, 0.4) is 0 Å². The van der Waals surface area contributed by atoms with Crippen molar-refractivity contribution in [1.29, 1.82) is 0 Å². The van der Waals surface area contributed by atoms with Crippen LogP contribution >= 0.6 is 0 Å². The highest BCUT2D eigenvalue weighted by Gasteiger charge is 2.39. The first kappa shape index (κ1) is 29.5. The molecule has 9 nitrogen and oxygen atoms in total. The smallest absolute Gasteiger partial charge is 0.227 e. The second kappa shape index (κ2) is 14.8. The minimum atomic E-state index is -0.129. The third kappa shape index (κ3) is 7.45. The third-order valence-corrected chi connectivity index (χ3v) is 10.1. The highest BCUT2D eigenvalue weighted by Crippen LogP contribution is 2.34. The van der Waals surface area contributed by atoms with Crippen molar-refractivity contribution in [1.82, 2.24) is 19.8 Å². The highest BCUT2D eigenvalue weighted by molar-refractivity contribution is 5.76. The average Bonchev–Trinajstić information content (AvgIpc) is 3.29. The lowest BCUT2D eigenvalue weighted by atomic mass is 9.86. The van der Waals surface area contributed by atoms with Gasteiger partial charge in [0.2, 0.25) is 11.9 Å². The van der Waals surface area contributed by atoms with Crippen LogP contribution < -0.4 is 21.3 Å². The Labute approximate surface area is 242 Å². The van der Waals surface area contributed by atoms with Gasteiger partial charge >= 0.3 is 0 Å². The van der Waals surface area contributed by atoms with Crippen molar-refractivity contribution in [2.45, 2.75) is 108 Å². The number of nitrogens with zero attached hydrogens (tertiary/aromatic N) is 6. The van der Waals surface area contributed by atoms with Crippen LogP contribution in [0.4, 0.5) is 11.8 Å². The van der Waals surface area contributed by atoms with E-state index in [4.69, 9.17) is 21.4 Å². The highest BCUT2D eigenvalue weighted by atomic mass is 16.1. The number of nitrogens with two attached hydrogens (primary N) is 2. The minimum Gasteiger partial charge on any atom is -0.369 e. The summed E-state index contributed by atoms with van der Waals surface area (Å²) in [6.07, 6.45) is 19.1. The molecule has 4 aliphatic rings. The van der Waals surface area contributed by atoms with Crippen molar-refractivity contribution >= 4 is 17.7 Å². The molecule has 1 saturated carbocycles. The Hall–Kier alpha value is -1.97. The molecule has 0 unspecified atom stereocenters. The van der Waals surface area contributed by atoms with Crippen molar-refractivity contribution in [2.75, 3.05) is 62.2 Å². The molecular weight excluding hydrogens is 500 g/mol. The van der Waals surface area contributed by atoms with Gasteiger partial charge in [-0.1, -0.05) is 32.1 Å². The van der Waals surface area contributed by atoms with E-state index in [1.807, 2.05) is 6.20 Å². The van der Waals surface area contributed by atoms with E-state index in [0.717, 1.165) is 76.7 Å². The van der Waals surface area contributed by atoms with Crippen LogP contribution in [-0.2, 0) is 4.79 Å². The molecule has 0 bridgehead atoms. The Morgan fingerprint density at radius 3 is 2.33 bits per heavy atom. The van der Waals surface area contributed by atoms with Crippen LogP contribution in [-0.4, -0.2) is 96.2 Å². The number of amides is 1. The largest absolute Gasteiger partial charge is 0.369 e. The average molecular weight is 555 g/mol. The van der Waals surface area contributed by atoms with Gasteiger partial charge in [-0.2, -0.15) is 4.98 Å². The molecule has 1 amide bonds. The zero-order valence-corrected chi connectivity index (χ0v) is 24.8. The second-order valence-electron chi connectivity index (χ2n) is 12.7. The van der Waals surface area contributed by atoms with E-state index in [2.05, 4.69) is 25.7 Å². The molecule has 1 aromatic rings. The molecule has 0 spiro atoms. The van der Waals surface area contributed by atoms with E-state index in [0.29, 0.717) is 24.7 Å². The molecule has 3 saturated heterocycles. The van der Waals surface area contributed by atoms with Gasteiger partial charge in [-0.25, -0.2) is 4.98 Å². The third-order valence-electron chi connectivity index (χ3n) is 10.1. The molecule has 1 aromatic heterocycles. The summed E-state index contributed by atoms with van der Waals surface area (Å²) in [7, 11) is 0. The maximum atomic E-state index is 11.7. The minimum absolute atomic E-state index is 0.0473. The van der Waals surface area contributed by atoms with Crippen LogP contribution in [0.5, 0.6) is 0 Å². The maximum Gasteiger partial charge on any atom is 0.227 e. The maximum absolute atomic E-state index is 11.7. The number of carbonyl (C=O) groups excluding carboxylic acids is 1. The van der Waals surface area contributed by atoms with Crippen molar-refractivity contribution in [3.05, 3.63) is 12.3 Å². The van der Waals surface area contributed by atoms with Crippen molar-refractivity contribution in [2.24, 2.45) is 17.4 Å². The van der Waals surface area contributed by atoms with Gasteiger partial charge in [0.15, 0.2) is 0 Å². The number of hydrogen-bond acceptors (Lipinski definition) is 8. The van der Waals surface area contributed by atoms with E-state index in [1.54, 1.807) is 0 Å². The monoisotopic (exact) mass is 554 g/mol. The van der Waals surface area contributed by atoms with E-state index in [1.165, 1.54) is 70.8 Å².